The van der Waals surface area contributed by atoms with Crippen LogP contribution in [0.5, 0.6) is 5.75 Å². The highest BCUT2D eigenvalue weighted by Gasteiger charge is 2.15. The minimum Gasteiger partial charge on any atom is -0.493 e. The summed E-state index contributed by atoms with van der Waals surface area (Å²) in [5.74, 6) is 6.20. The van der Waals surface area contributed by atoms with Gasteiger partial charge in [-0.1, -0.05) is 11.8 Å². The van der Waals surface area contributed by atoms with Crippen LogP contribution in [0.3, 0.4) is 0 Å². The molecule has 0 radical (unpaired) electrons. The zero-order valence-corrected chi connectivity index (χ0v) is 12.1. The average molecular weight is 297 g/mol. The lowest BCUT2D eigenvalue weighted by Crippen LogP contribution is -2.10. The quantitative estimate of drug-likeness (QED) is 0.608. The third-order valence-corrected chi connectivity index (χ3v) is 3.30. The van der Waals surface area contributed by atoms with Crippen molar-refractivity contribution >= 4 is 11.6 Å². The molecule has 2 rings (SSSR count). The normalized spacial score (nSPS) is 17.6. The Labute approximate surface area is 124 Å². The molecule has 1 atom stereocenters. The summed E-state index contributed by atoms with van der Waals surface area (Å²) in [4.78, 5) is 0. The number of hydrogen-bond donors (Lipinski definition) is 0. The van der Waals surface area contributed by atoms with Crippen LogP contribution in [0.25, 0.3) is 0 Å². The Kier molecular flexibility index (Phi) is 6.17. The zero-order chi connectivity index (χ0) is 14.2. The third-order valence-electron chi connectivity index (χ3n) is 3.12. The van der Waals surface area contributed by atoms with Gasteiger partial charge in [-0.15, -0.1) is 11.6 Å². The summed E-state index contributed by atoms with van der Waals surface area (Å²) in [6, 6.07) is 4.75. The predicted molar refractivity (Wildman–Crippen MR) is 77.7 cm³/mol. The van der Waals surface area contributed by atoms with Crippen LogP contribution in [0.4, 0.5) is 4.39 Å². The molecule has 1 aliphatic rings. The standard InChI is InChI=1S/C16H18ClFO2/c17-9-2-1-4-13-6-7-15(12-16(13)18)20-11-8-14-5-3-10-19-14/h6-7,12,14H,2-3,5,8-11H2. The molecule has 0 aromatic heterocycles. The molecule has 108 valence electrons. The van der Waals surface area contributed by atoms with E-state index in [0.29, 0.717) is 36.3 Å². The summed E-state index contributed by atoms with van der Waals surface area (Å²) in [6.07, 6.45) is 3.90. The fraction of sp³-hybridized carbons (Fsp3) is 0.500. The number of ether oxygens (including phenoxy) is 2. The highest BCUT2D eigenvalue weighted by Crippen LogP contribution is 2.19. The van der Waals surface area contributed by atoms with Crippen molar-refractivity contribution in [3.63, 3.8) is 0 Å². The first-order valence-corrected chi connectivity index (χ1v) is 7.42. The highest BCUT2D eigenvalue weighted by molar-refractivity contribution is 6.18. The van der Waals surface area contributed by atoms with Crippen molar-refractivity contribution in [2.45, 2.75) is 31.8 Å². The molecule has 2 nitrogen and oxygen atoms in total. The van der Waals surface area contributed by atoms with Crippen LogP contribution < -0.4 is 4.74 Å². The molecule has 1 saturated heterocycles. The van der Waals surface area contributed by atoms with Gasteiger partial charge in [0.25, 0.3) is 0 Å². The topological polar surface area (TPSA) is 18.5 Å². The van der Waals surface area contributed by atoms with Gasteiger partial charge in [0.05, 0.1) is 18.3 Å². The Balaban J connectivity index is 1.83. The molecule has 1 aliphatic heterocycles. The Morgan fingerprint density at radius 2 is 2.35 bits per heavy atom. The monoisotopic (exact) mass is 296 g/mol. The summed E-state index contributed by atoms with van der Waals surface area (Å²) >= 11 is 5.52. The van der Waals surface area contributed by atoms with Crippen LogP contribution in [0.2, 0.25) is 0 Å². The minimum absolute atomic E-state index is 0.292. The third kappa shape index (κ3) is 4.70. The lowest BCUT2D eigenvalue weighted by molar-refractivity contribution is 0.0903. The summed E-state index contributed by atoms with van der Waals surface area (Å²) < 4.78 is 24.8. The van der Waals surface area contributed by atoms with Gasteiger partial charge in [0.1, 0.15) is 11.6 Å². The molecule has 4 heteroatoms. The molecule has 0 saturated carbocycles. The van der Waals surface area contributed by atoms with E-state index < -0.39 is 0 Å². The van der Waals surface area contributed by atoms with Gasteiger partial charge in [-0.2, -0.15) is 0 Å². The van der Waals surface area contributed by atoms with Crippen molar-refractivity contribution in [3.8, 4) is 17.6 Å². The average Bonchev–Trinajstić information content (AvgIpc) is 2.95. The van der Waals surface area contributed by atoms with E-state index in [0.717, 1.165) is 25.9 Å². The number of halogens is 2. The van der Waals surface area contributed by atoms with E-state index in [2.05, 4.69) is 11.8 Å². The second-order valence-corrected chi connectivity index (χ2v) is 5.03. The fourth-order valence-electron chi connectivity index (χ4n) is 2.07. The van der Waals surface area contributed by atoms with Gasteiger partial charge in [0.2, 0.25) is 0 Å². The lowest BCUT2D eigenvalue weighted by atomic mass is 10.2. The summed E-state index contributed by atoms with van der Waals surface area (Å²) in [7, 11) is 0. The molecule has 0 spiro atoms. The number of hydrogen-bond acceptors (Lipinski definition) is 2. The number of alkyl halides is 1. The Morgan fingerprint density at radius 3 is 3.05 bits per heavy atom. The first-order chi connectivity index (χ1) is 9.79. The van der Waals surface area contributed by atoms with Crippen LogP contribution in [-0.2, 0) is 4.74 Å². The van der Waals surface area contributed by atoms with E-state index in [4.69, 9.17) is 21.1 Å². The van der Waals surface area contributed by atoms with E-state index in [1.54, 1.807) is 12.1 Å². The predicted octanol–water partition coefficient (Wildman–Crippen LogP) is 3.75. The highest BCUT2D eigenvalue weighted by atomic mass is 35.5. The summed E-state index contributed by atoms with van der Waals surface area (Å²) in [5.41, 5.74) is 0.376. The maximum Gasteiger partial charge on any atom is 0.142 e. The van der Waals surface area contributed by atoms with Crippen molar-refractivity contribution in [2.75, 3.05) is 19.1 Å². The smallest absolute Gasteiger partial charge is 0.142 e. The zero-order valence-electron chi connectivity index (χ0n) is 11.3. The van der Waals surface area contributed by atoms with Crippen LogP contribution in [0, 0.1) is 17.7 Å². The first-order valence-electron chi connectivity index (χ1n) is 6.88. The van der Waals surface area contributed by atoms with Gasteiger partial charge < -0.3 is 9.47 Å². The molecule has 0 aliphatic carbocycles. The van der Waals surface area contributed by atoms with Crippen molar-refractivity contribution in [1.82, 2.24) is 0 Å². The molecule has 20 heavy (non-hydrogen) atoms. The SMILES string of the molecule is Fc1cc(OCCC2CCCO2)ccc1C#CCCCl. The van der Waals surface area contributed by atoms with Crippen molar-refractivity contribution in [2.24, 2.45) is 0 Å². The van der Waals surface area contributed by atoms with Crippen molar-refractivity contribution < 1.29 is 13.9 Å². The van der Waals surface area contributed by atoms with Gasteiger partial charge >= 0.3 is 0 Å². The molecule has 1 fully saturated rings. The van der Waals surface area contributed by atoms with E-state index in [1.807, 2.05) is 0 Å². The molecular weight excluding hydrogens is 279 g/mol. The van der Waals surface area contributed by atoms with E-state index in [9.17, 15) is 4.39 Å². The second kappa shape index (κ2) is 8.14. The largest absolute Gasteiger partial charge is 0.493 e. The fourth-order valence-corrected chi connectivity index (χ4v) is 2.17. The van der Waals surface area contributed by atoms with Crippen LogP contribution in [0.1, 0.15) is 31.2 Å². The van der Waals surface area contributed by atoms with Gasteiger partial charge in [-0.3, -0.25) is 0 Å². The minimum atomic E-state index is -0.360. The first kappa shape index (κ1) is 15.2. The molecule has 0 N–H and O–H groups in total. The second-order valence-electron chi connectivity index (χ2n) is 4.65. The molecule has 1 aromatic rings. The number of benzene rings is 1. The summed E-state index contributed by atoms with van der Waals surface area (Å²) in [6.45, 7) is 1.39. The molecule has 0 amide bonds. The molecular formula is C16H18ClFO2. The molecule has 1 heterocycles. The van der Waals surface area contributed by atoms with Crippen LogP contribution in [-0.4, -0.2) is 25.2 Å². The lowest BCUT2D eigenvalue weighted by Gasteiger charge is -2.10. The van der Waals surface area contributed by atoms with Gasteiger partial charge in [0.15, 0.2) is 0 Å². The summed E-state index contributed by atoms with van der Waals surface area (Å²) in [5, 5.41) is 0. The molecule has 1 aromatic carbocycles. The van der Waals surface area contributed by atoms with Gasteiger partial charge in [0, 0.05) is 31.4 Å². The van der Waals surface area contributed by atoms with E-state index in [1.165, 1.54) is 6.07 Å². The van der Waals surface area contributed by atoms with E-state index >= 15 is 0 Å². The Bertz CT molecular complexity index is 487. The van der Waals surface area contributed by atoms with Crippen molar-refractivity contribution in [3.05, 3.63) is 29.6 Å². The maximum atomic E-state index is 13.8. The van der Waals surface area contributed by atoms with Crippen LogP contribution >= 0.6 is 11.6 Å². The number of rotatable bonds is 5. The van der Waals surface area contributed by atoms with Crippen LogP contribution in [0.15, 0.2) is 18.2 Å². The Morgan fingerprint density at radius 1 is 1.45 bits per heavy atom. The molecule has 1 unspecified atom stereocenters. The Hall–Kier alpha value is -1.24. The van der Waals surface area contributed by atoms with Gasteiger partial charge in [-0.05, 0) is 25.0 Å². The van der Waals surface area contributed by atoms with Gasteiger partial charge in [-0.25, -0.2) is 4.39 Å². The van der Waals surface area contributed by atoms with E-state index in [-0.39, 0.29) is 5.82 Å². The molecule has 0 bridgehead atoms. The maximum absolute atomic E-state index is 13.8. The van der Waals surface area contributed by atoms with Crippen molar-refractivity contribution in [1.29, 1.82) is 0 Å².